The van der Waals surface area contributed by atoms with Crippen LogP contribution in [0.2, 0.25) is 0 Å². The Labute approximate surface area is 78.0 Å². The minimum atomic E-state index is 1.00. The Morgan fingerprint density at radius 2 is 1.33 bits per heavy atom. The normalized spacial score (nSPS) is 7.17. The molecule has 0 aromatic heterocycles. The molecule has 2 heteroatoms. The SMILES string of the molecule is CC.CO.Cc1ccc(P)cc1. The lowest BCUT2D eigenvalue weighted by molar-refractivity contribution is 0.399. The van der Waals surface area contributed by atoms with Crippen LogP contribution in [-0.4, -0.2) is 12.2 Å². The first-order valence-corrected chi connectivity index (χ1v) is 4.63. The van der Waals surface area contributed by atoms with E-state index in [0.717, 1.165) is 7.11 Å². The van der Waals surface area contributed by atoms with Gasteiger partial charge in [0.25, 0.3) is 0 Å². The van der Waals surface area contributed by atoms with E-state index in [1.165, 1.54) is 10.9 Å². The van der Waals surface area contributed by atoms with Gasteiger partial charge in [0.2, 0.25) is 0 Å². The molecule has 1 aromatic carbocycles. The van der Waals surface area contributed by atoms with Gasteiger partial charge in [-0.25, -0.2) is 0 Å². The molecule has 0 amide bonds. The molecule has 0 aliphatic rings. The lowest BCUT2D eigenvalue weighted by Gasteiger charge is -1.89. The van der Waals surface area contributed by atoms with Gasteiger partial charge in [-0.2, -0.15) is 0 Å². The summed E-state index contributed by atoms with van der Waals surface area (Å²) >= 11 is 0. The Morgan fingerprint density at radius 3 is 1.58 bits per heavy atom. The molecule has 12 heavy (non-hydrogen) atoms. The smallest absolute Gasteiger partial charge is 0.0319 e. The van der Waals surface area contributed by atoms with Crippen LogP contribution in [0.15, 0.2) is 24.3 Å². The van der Waals surface area contributed by atoms with Crippen molar-refractivity contribution in [2.45, 2.75) is 20.8 Å². The molecule has 1 aromatic rings. The zero-order chi connectivity index (χ0) is 9.98. The second-order valence-corrected chi connectivity index (χ2v) is 2.58. The number of aliphatic hydroxyl groups excluding tert-OH is 1. The summed E-state index contributed by atoms with van der Waals surface area (Å²) in [5.74, 6) is 0. The maximum atomic E-state index is 7.00. The second kappa shape index (κ2) is 10.6. The van der Waals surface area contributed by atoms with E-state index >= 15 is 0 Å². The first kappa shape index (κ1) is 14.2. The van der Waals surface area contributed by atoms with E-state index in [1.54, 1.807) is 0 Å². The molecule has 0 saturated heterocycles. The molecule has 0 radical (unpaired) electrons. The van der Waals surface area contributed by atoms with Gasteiger partial charge < -0.3 is 5.11 Å². The van der Waals surface area contributed by atoms with Gasteiger partial charge in [-0.1, -0.05) is 43.7 Å². The molecule has 1 N–H and O–H groups in total. The fourth-order valence-corrected chi connectivity index (χ4v) is 0.759. The number of hydrogen-bond donors (Lipinski definition) is 1. The second-order valence-electron chi connectivity index (χ2n) is 1.91. The van der Waals surface area contributed by atoms with Crippen molar-refractivity contribution in [3.63, 3.8) is 0 Å². The maximum Gasteiger partial charge on any atom is 0.0319 e. The summed E-state index contributed by atoms with van der Waals surface area (Å²) in [4.78, 5) is 0. The van der Waals surface area contributed by atoms with Gasteiger partial charge in [0, 0.05) is 7.11 Å². The monoisotopic (exact) mass is 186 g/mol. The van der Waals surface area contributed by atoms with Crippen LogP contribution in [0.25, 0.3) is 0 Å². The zero-order valence-electron chi connectivity index (χ0n) is 8.33. The van der Waals surface area contributed by atoms with E-state index in [0.29, 0.717) is 0 Å². The first-order valence-electron chi connectivity index (χ1n) is 4.06. The molecule has 0 fully saturated rings. The van der Waals surface area contributed by atoms with Gasteiger partial charge in [0.05, 0.1) is 0 Å². The Hall–Kier alpha value is -0.390. The minimum Gasteiger partial charge on any atom is -0.400 e. The molecule has 1 rings (SSSR count). The lowest BCUT2D eigenvalue weighted by Crippen LogP contribution is -1.85. The number of benzene rings is 1. The van der Waals surface area contributed by atoms with E-state index in [9.17, 15) is 0 Å². The molecule has 0 aliphatic carbocycles. The largest absolute Gasteiger partial charge is 0.400 e. The summed E-state index contributed by atoms with van der Waals surface area (Å²) in [7, 11) is 3.65. The number of rotatable bonds is 0. The van der Waals surface area contributed by atoms with Crippen molar-refractivity contribution < 1.29 is 5.11 Å². The highest BCUT2D eigenvalue weighted by Gasteiger charge is 1.79. The number of hydrogen-bond acceptors (Lipinski definition) is 1. The number of aryl methyl sites for hydroxylation is 1. The third-order valence-corrected chi connectivity index (χ3v) is 1.46. The Kier molecular flexibility index (Phi) is 12.5. The molecule has 0 bridgehead atoms. The zero-order valence-corrected chi connectivity index (χ0v) is 9.49. The molecule has 0 spiro atoms. The molecular weight excluding hydrogens is 167 g/mol. The van der Waals surface area contributed by atoms with Crippen molar-refractivity contribution in [3.8, 4) is 0 Å². The minimum absolute atomic E-state index is 1.00. The predicted octanol–water partition coefficient (Wildman–Crippen LogP) is 2.13. The van der Waals surface area contributed by atoms with Crippen molar-refractivity contribution in [1.29, 1.82) is 0 Å². The van der Waals surface area contributed by atoms with Gasteiger partial charge in [-0.15, -0.1) is 9.24 Å². The molecule has 0 saturated carbocycles. The molecular formula is C10H19OP. The summed E-state index contributed by atoms with van der Waals surface area (Å²) in [5, 5.41) is 8.25. The summed E-state index contributed by atoms with van der Waals surface area (Å²) in [6, 6.07) is 8.37. The molecule has 0 aliphatic heterocycles. The summed E-state index contributed by atoms with van der Waals surface area (Å²) in [6.45, 7) is 6.09. The van der Waals surface area contributed by atoms with Crippen LogP contribution in [0.5, 0.6) is 0 Å². The first-order chi connectivity index (χ1) is 5.79. The molecule has 1 nitrogen and oxygen atoms in total. The predicted molar refractivity (Wildman–Crippen MR) is 60.0 cm³/mol. The summed E-state index contributed by atoms with van der Waals surface area (Å²) < 4.78 is 0. The van der Waals surface area contributed by atoms with Crippen molar-refractivity contribution in [2.24, 2.45) is 0 Å². The van der Waals surface area contributed by atoms with Crippen LogP contribution in [0.4, 0.5) is 0 Å². The fourth-order valence-electron chi connectivity index (χ4n) is 0.566. The highest BCUT2D eigenvalue weighted by molar-refractivity contribution is 7.27. The van der Waals surface area contributed by atoms with Gasteiger partial charge >= 0.3 is 0 Å². The van der Waals surface area contributed by atoms with Gasteiger partial charge in [0.15, 0.2) is 0 Å². The van der Waals surface area contributed by atoms with Crippen molar-refractivity contribution in [3.05, 3.63) is 29.8 Å². The highest BCUT2D eigenvalue weighted by atomic mass is 31.0. The van der Waals surface area contributed by atoms with Gasteiger partial charge in [0.1, 0.15) is 0 Å². The molecule has 0 heterocycles. The van der Waals surface area contributed by atoms with Crippen LogP contribution in [0.3, 0.4) is 0 Å². The highest BCUT2D eigenvalue weighted by Crippen LogP contribution is 1.94. The maximum absolute atomic E-state index is 7.00. The fraction of sp³-hybridized carbons (Fsp3) is 0.400. The average Bonchev–Trinajstić information content (AvgIpc) is 2.17. The van der Waals surface area contributed by atoms with Crippen LogP contribution in [0, 0.1) is 6.92 Å². The van der Waals surface area contributed by atoms with Crippen LogP contribution < -0.4 is 5.30 Å². The Balaban J connectivity index is 0. The van der Waals surface area contributed by atoms with Crippen molar-refractivity contribution in [2.75, 3.05) is 7.11 Å². The van der Waals surface area contributed by atoms with E-state index in [4.69, 9.17) is 5.11 Å². The van der Waals surface area contributed by atoms with Crippen LogP contribution in [0.1, 0.15) is 19.4 Å². The molecule has 1 unspecified atom stereocenters. The molecule has 1 atom stereocenters. The van der Waals surface area contributed by atoms with E-state index in [-0.39, 0.29) is 0 Å². The Bertz CT molecular complexity index is 149. The lowest BCUT2D eigenvalue weighted by atomic mass is 10.2. The molecule has 70 valence electrons. The quantitative estimate of drug-likeness (QED) is 0.615. The van der Waals surface area contributed by atoms with Crippen LogP contribution >= 0.6 is 9.24 Å². The van der Waals surface area contributed by atoms with Gasteiger partial charge in [-0.05, 0) is 12.2 Å². The third-order valence-electron chi connectivity index (χ3n) is 1.08. The average molecular weight is 186 g/mol. The topological polar surface area (TPSA) is 20.2 Å². The van der Waals surface area contributed by atoms with Crippen molar-refractivity contribution >= 4 is 14.5 Å². The van der Waals surface area contributed by atoms with E-state index < -0.39 is 0 Å². The van der Waals surface area contributed by atoms with E-state index in [1.807, 2.05) is 13.8 Å². The van der Waals surface area contributed by atoms with Crippen LogP contribution in [-0.2, 0) is 0 Å². The van der Waals surface area contributed by atoms with Crippen molar-refractivity contribution in [1.82, 2.24) is 0 Å². The number of aliphatic hydroxyl groups is 1. The van der Waals surface area contributed by atoms with Gasteiger partial charge in [-0.3, -0.25) is 0 Å². The summed E-state index contributed by atoms with van der Waals surface area (Å²) in [5.41, 5.74) is 1.32. The summed E-state index contributed by atoms with van der Waals surface area (Å²) in [6.07, 6.45) is 0. The standard InChI is InChI=1S/C7H9P.C2H6.CH4O/c1-6-2-4-7(8)5-3-6;2*1-2/h2-5H,8H2,1H3;1-2H3;2H,1H3. The van der Waals surface area contributed by atoms with E-state index in [2.05, 4.69) is 40.4 Å². The third kappa shape index (κ3) is 7.71. The Morgan fingerprint density at radius 1 is 1.00 bits per heavy atom.